The highest BCUT2D eigenvalue weighted by Gasteiger charge is 2.38. The van der Waals surface area contributed by atoms with Crippen LogP contribution in [0.25, 0.3) is 0 Å². The second-order valence-corrected chi connectivity index (χ2v) is 7.66. The molecule has 0 spiro atoms. The van der Waals surface area contributed by atoms with Crippen LogP contribution in [0.4, 0.5) is 0 Å². The molecule has 1 aliphatic rings. The molecule has 1 aromatic heterocycles. The van der Waals surface area contributed by atoms with E-state index in [4.69, 9.17) is 0 Å². The van der Waals surface area contributed by atoms with Crippen molar-refractivity contribution < 1.29 is 15.0 Å². The number of carbonyl (C=O) groups is 1. The highest BCUT2D eigenvalue weighted by molar-refractivity contribution is 7.13. The van der Waals surface area contributed by atoms with Gasteiger partial charge in [0.25, 0.3) is 5.91 Å². The first-order valence-corrected chi connectivity index (χ1v) is 8.61. The predicted molar refractivity (Wildman–Crippen MR) is 88.2 cm³/mol. The Kier molecular flexibility index (Phi) is 5.97. The summed E-state index contributed by atoms with van der Waals surface area (Å²) in [4.78, 5) is 16.3. The average Bonchev–Trinajstić information content (AvgIpc) is 3.07. The van der Waals surface area contributed by atoms with Crippen molar-refractivity contribution in [2.75, 3.05) is 26.3 Å². The quantitative estimate of drug-likeness (QED) is 0.732. The van der Waals surface area contributed by atoms with Crippen molar-refractivity contribution in [1.82, 2.24) is 10.2 Å². The molecule has 1 saturated heterocycles. The lowest BCUT2D eigenvalue weighted by Crippen LogP contribution is -2.43. The second kappa shape index (κ2) is 7.55. The number of thiophene rings is 1. The summed E-state index contributed by atoms with van der Waals surface area (Å²) < 4.78 is 0. The lowest BCUT2D eigenvalue weighted by atomic mass is 9.91. The molecule has 5 nitrogen and oxygen atoms in total. The molecule has 0 saturated carbocycles. The Morgan fingerprint density at radius 2 is 2.05 bits per heavy atom. The maximum absolute atomic E-state index is 12.4. The van der Waals surface area contributed by atoms with Gasteiger partial charge in [0.05, 0.1) is 24.1 Å². The number of rotatable bonds is 6. The first-order valence-electron chi connectivity index (χ1n) is 7.79. The van der Waals surface area contributed by atoms with Crippen molar-refractivity contribution >= 4 is 17.2 Å². The van der Waals surface area contributed by atoms with Crippen molar-refractivity contribution in [3.05, 3.63) is 21.9 Å². The fourth-order valence-electron chi connectivity index (χ4n) is 3.07. The zero-order valence-electron chi connectivity index (χ0n) is 13.5. The van der Waals surface area contributed by atoms with Crippen LogP contribution >= 0.6 is 11.3 Å². The van der Waals surface area contributed by atoms with Crippen molar-refractivity contribution in [3.8, 4) is 0 Å². The highest BCUT2D eigenvalue weighted by Crippen LogP contribution is 2.26. The number of hydrogen-bond acceptors (Lipinski definition) is 5. The summed E-state index contributed by atoms with van der Waals surface area (Å²) in [5, 5.41) is 21.9. The molecule has 22 heavy (non-hydrogen) atoms. The van der Waals surface area contributed by atoms with Crippen LogP contribution in [-0.4, -0.2) is 59.4 Å². The fraction of sp³-hybridized carbons (Fsp3) is 0.688. The molecule has 1 amide bonds. The Morgan fingerprint density at radius 1 is 1.36 bits per heavy atom. The summed E-state index contributed by atoms with van der Waals surface area (Å²) in [6.45, 7) is 7.62. The number of aryl methyl sites for hydroxylation is 1. The van der Waals surface area contributed by atoms with E-state index in [2.05, 4.69) is 24.1 Å². The lowest BCUT2D eigenvalue weighted by Gasteiger charge is -2.24. The summed E-state index contributed by atoms with van der Waals surface area (Å²) in [7, 11) is 0. The zero-order valence-corrected chi connectivity index (χ0v) is 14.3. The van der Waals surface area contributed by atoms with E-state index >= 15 is 0 Å². The zero-order chi connectivity index (χ0) is 16.3. The van der Waals surface area contributed by atoms with Gasteiger partial charge in [-0.3, -0.25) is 9.69 Å². The van der Waals surface area contributed by atoms with Gasteiger partial charge in [0.1, 0.15) is 0 Å². The van der Waals surface area contributed by atoms with Crippen molar-refractivity contribution in [2.45, 2.75) is 32.9 Å². The summed E-state index contributed by atoms with van der Waals surface area (Å²) in [6.07, 6.45) is 0. The average molecular weight is 326 g/mol. The van der Waals surface area contributed by atoms with Gasteiger partial charge < -0.3 is 15.5 Å². The SMILES string of the molecule is Cc1ccc(C(=O)N[C@H]2CN(C(CO)CO)C[C@@H]2C(C)C)s1. The summed E-state index contributed by atoms with van der Waals surface area (Å²) >= 11 is 1.50. The molecule has 3 N–H and O–H groups in total. The standard InChI is InChI=1S/C16H26N2O3S/c1-10(2)13-6-18(12(8-19)9-20)7-14(13)17-16(21)15-5-4-11(3)22-15/h4-5,10,12-14,19-20H,6-9H2,1-3H3,(H,17,21)/t13-,14+/m1/s1. The van der Waals surface area contributed by atoms with Gasteiger partial charge >= 0.3 is 0 Å². The third kappa shape index (κ3) is 3.87. The van der Waals surface area contributed by atoms with Gasteiger partial charge in [-0.25, -0.2) is 0 Å². The van der Waals surface area contributed by atoms with Crippen molar-refractivity contribution in [1.29, 1.82) is 0 Å². The second-order valence-electron chi connectivity index (χ2n) is 6.37. The number of aliphatic hydroxyl groups is 2. The van der Waals surface area contributed by atoms with Gasteiger partial charge in [0.2, 0.25) is 0 Å². The van der Waals surface area contributed by atoms with Crippen LogP contribution < -0.4 is 5.32 Å². The molecule has 2 atom stereocenters. The minimum Gasteiger partial charge on any atom is -0.395 e. The first kappa shape index (κ1) is 17.4. The number of likely N-dealkylation sites (tertiary alicyclic amines) is 1. The van der Waals surface area contributed by atoms with Gasteiger partial charge in [-0.15, -0.1) is 11.3 Å². The smallest absolute Gasteiger partial charge is 0.261 e. The van der Waals surface area contributed by atoms with Gasteiger partial charge in [0.15, 0.2) is 0 Å². The monoisotopic (exact) mass is 326 g/mol. The summed E-state index contributed by atoms with van der Waals surface area (Å²) in [5.74, 6) is 0.726. The van der Waals surface area contributed by atoms with E-state index in [1.807, 2.05) is 19.1 Å². The Balaban J connectivity index is 2.05. The topological polar surface area (TPSA) is 72.8 Å². The fourth-order valence-corrected chi connectivity index (χ4v) is 3.84. The molecule has 2 heterocycles. The van der Waals surface area contributed by atoms with Crippen LogP contribution in [0.5, 0.6) is 0 Å². The Morgan fingerprint density at radius 3 is 2.55 bits per heavy atom. The van der Waals surface area contributed by atoms with Gasteiger partial charge in [-0.2, -0.15) is 0 Å². The largest absolute Gasteiger partial charge is 0.395 e. The van der Waals surface area contributed by atoms with E-state index in [1.165, 1.54) is 11.3 Å². The van der Waals surface area contributed by atoms with Crippen LogP contribution in [0, 0.1) is 18.8 Å². The predicted octanol–water partition coefficient (Wildman–Crippen LogP) is 1.10. The molecular formula is C16H26N2O3S. The van der Waals surface area contributed by atoms with E-state index in [0.717, 1.165) is 16.3 Å². The molecule has 2 rings (SSSR count). The van der Waals surface area contributed by atoms with Crippen LogP contribution in [0.2, 0.25) is 0 Å². The lowest BCUT2D eigenvalue weighted by molar-refractivity contribution is 0.0850. The third-order valence-corrected chi connectivity index (χ3v) is 5.47. The third-order valence-electron chi connectivity index (χ3n) is 4.47. The number of carbonyl (C=O) groups excluding carboxylic acids is 1. The number of nitrogens with one attached hydrogen (secondary N) is 1. The van der Waals surface area contributed by atoms with E-state index in [-0.39, 0.29) is 31.2 Å². The van der Waals surface area contributed by atoms with E-state index in [9.17, 15) is 15.0 Å². The van der Waals surface area contributed by atoms with Crippen molar-refractivity contribution in [3.63, 3.8) is 0 Å². The molecule has 0 aromatic carbocycles. The normalized spacial score (nSPS) is 22.7. The molecule has 0 aliphatic carbocycles. The molecule has 6 heteroatoms. The number of aliphatic hydroxyl groups excluding tert-OH is 2. The summed E-state index contributed by atoms with van der Waals surface area (Å²) in [6, 6.07) is 3.62. The van der Waals surface area contributed by atoms with Crippen molar-refractivity contribution in [2.24, 2.45) is 11.8 Å². The Hall–Kier alpha value is -0.950. The molecule has 0 bridgehead atoms. The summed E-state index contributed by atoms with van der Waals surface area (Å²) in [5.41, 5.74) is 0. The van der Waals surface area contributed by atoms with Crippen LogP contribution in [-0.2, 0) is 0 Å². The van der Waals surface area contributed by atoms with E-state index < -0.39 is 0 Å². The minimum absolute atomic E-state index is 0.0276. The Bertz CT molecular complexity index is 499. The number of hydrogen-bond donors (Lipinski definition) is 3. The molecular weight excluding hydrogens is 300 g/mol. The minimum atomic E-state index is -0.243. The van der Waals surface area contributed by atoms with Gasteiger partial charge in [0, 0.05) is 24.0 Å². The molecule has 0 unspecified atom stereocenters. The number of amides is 1. The molecule has 1 fully saturated rings. The highest BCUT2D eigenvalue weighted by atomic mass is 32.1. The first-order chi connectivity index (χ1) is 10.5. The van der Waals surface area contributed by atoms with E-state index in [1.54, 1.807) is 0 Å². The van der Waals surface area contributed by atoms with Crippen LogP contribution in [0.15, 0.2) is 12.1 Å². The van der Waals surface area contributed by atoms with Gasteiger partial charge in [-0.05, 0) is 30.9 Å². The number of nitrogens with zero attached hydrogens (tertiary/aromatic N) is 1. The Labute approximate surface area is 136 Å². The maximum Gasteiger partial charge on any atom is 0.261 e. The van der Waals surface area contributed by atoms with Crippen LogP contribution in [0.3, 0.4) is 0 Å². The maximum atomic E-state index is 12.4. The molecule has 1 aromatic rings. The molecule has 0 radical (unpaired) electrons. The van der Waals surface area contributed by atoms with E-state index in [0.29, 0.717) is 18.4 Å². The van der Waals surface area contributed by atoms with Crippen LogP contribution in [0.1, 0.15) is 28.4 Å². The molecule has 124 valence electrons. The molecule has 1 aliphatic heterocycles. The van der Waals surface area contributed by atoms with Gasteiger partial charge in [-0.1, -0.05) is 13.8 Å².